The quantitative estimate of drug-likeness (QED) is 0.787. The summed E-state index contributed by atoms with van der Waals surface area (Å²) in [5.74, 6) is 0.945. The highest BCUT2D eigenvalue weighted by Gasteiger charge is 2.10. The van der Waals surface area contributed by atoms with Crippen molar-refractivity contribution in [2.45, 2.75) is 36.6 Å². The van der Waals surface area contributed by atoms with Gasteiger partial charge in [-0.25, -0.2) is 9.97 Å². The Morgan fingerprint density at radius 2 is 1.90 bits per heavy atom. The molecular formula is C15H18ClN3S. The highest BCUT2D eigenvalue weighted by atomic mass is 35.5. The summed E-state index contributed by atoms with van der Waals surface area (Å²) in [6.45, 7) is 5.19. The summed E-state index contributed by atoms with van der Waals surface area (Å²) >= 11 is 7.56. The van der Waals surface area contributed by atoms with Gasteiger partial charge in [-0.05, 0) is 37.1 Å². The van der Waals surface area contributed by atoms with Crippen LogP contribution in [-0.2, 0) is 6.42 Å². The van der Waals surface area contributed by atoms with E-state index in [0.717, 1.165) is 40.1 Å². The van der Waals surface area contributed by atoms with E-state index in [9.17, 15) is 0 Å². The molecule has 0 aliphatic carbocycles. The molecular weight excluding hydrogens is 290 g/mol. The normalized spacial score (nSPS) is 10.6. The first kappa shape index (κ1) is 15.1. The van der Waals surface area contributed by atoms with Gasteiger partial charge in [0, 0.05) is 22.0 Å². The molecule has 1 aromatic carbocycles. The maximum Gasteiger partial charge on any atom is 0.133 e. The molecule has 106 valence electrons. The molecule has 0 atom stereocenters. The minimum Gasteiger partial charge on any atom is -0.370 e. The first-order valence-electron chi connectivity index (χ1n) is 6.75. The summed E-state index contributed by atoms with van der Waals surface area (Å²) in [6, 6.07) is 7.81. The van der Waals surface area contributed by atoms with Crippen LogP contribution in [0.4, 0.5) is 5.82 Å². The summed E-state index contributed by atoms with van der Waals surface area (Å²) in [4.78, 5) is 9.89. The molecule has 0 spiro atoms. The topological polar surface area (TPSA) is 37.8 Å². The van der Waals surface area contributed by atoms with Crippen LogP contribution in [0.15, 0.2) is 40.5 Å². The van der Waals surface area contributed by atoms with E-state index in [1.54, 1.807) is 18.1 Å². The second-order valence-corrected chi connectivity index (χ2v) is 5.84. The van der Waals surface area contributed by atoms with Crippen LogP contribution < -0.4 is 5.32 Å². The third-order valence-electron chi connectivity index (χ3n) is 2.83. The van der Waals surface area contributed by atoms with E-state index < -0.39 is 0 Å². The molecule has 20 heavy (non-hydrogen) atoms. The van der Waals surface area contributed by atoms with E-state index >= 15 is 0 Å². The van der Waals surface area contributed by atoms with Crippen LogP contribution in [0.1, 0.15) is 25.8 Å². The predicted octanol–water partition coefficient (Wildman–Crippen LogP) is 4.67. The molecule has 3 nitrogen and oxygen atoms in total. The summed E-state index contributed by atoms with van der Waals surface area (Å²) in [7, 11) is 0. The molecule has 2 rings (SSSR count). The van der Waals surface area contributed by atoms with Gasteiger partial charge in [-0.1, -0.05) is 37.2 Å². The lowest BCUT2D eigenvalue weighted by Gasteiger charge is -2.12. The molecule has 0 aliphatic rings. The summed E-state index contributed by atoms with van der Waals surface area (Å²) in [5.41, 5.74) is 1.17. The van der Waals surface area contributed by atoms with Crippen LogP contribution in [0.3, 0.4) is 0 Å². The third kappa shape index (κ3) is 3.87. The highest BCUT2D eigenvalue weighted by molar-refractivity contribution is 7.99. The van der Waals surface area contributed by atoms with E-state index in [1.807, 2.05) is 24.3 Å². The van der Waals surface area contributed by atoms with Gasteiger partial charge in [-0.15, -0.1) is 0 Å². The smallest absolute Gasteiger partial charge is 0.133 e. The molecule has 0 unspecified atom stereocenters. The summed E-state index contributed by atoms with van der Waals surface area (Å²) in [6.07, 6.45) is 3.60. The van der Waals surface area contributed by atoms with E-state index in [4.69, 9.17) is 11.6 Å². The maximum absolute atomic E-state index is 5.91. The van der Waals surface area contributed by atoms with Crippen molar-refractivity contribution in [3.05, 3.63) is 41.2 Å². The van der Waals surface area contributed by atoms with Crippen LogP contribution in [0.25, 0.3) is 0 Å². The zero-order valence-electron chi connectivity index (χ0n) is 11.7. The Kier molecular flexibility index (Phi) is 5.68. The van der Waals surface area contributed by atoms with Gasteiger partial charge in [-0.3, -0.25) is 0 Å². The zero-order valence-corrected chi connectivity index (χ0v) is 13.3. The molecule has 0 amide bonds. The number of nitrogens with zero attached hydrogens (tertiary/aromatic N) is 2. The third-order valence-corrected chi connectivity index (χ3v) is 4.13. The Hall–Kier alpha value is -1.26. The number of rotatable bonds is 6. The maximum atomic E-state index is 5.91. The molecule has 2 aromatic rings. The van der Waals surface area contributed by atoms with Crippen LogP contribution in [-0.4, -0.2) is 16.5 Å². The minimum absolute atomic E-state index is 0.748. The summed E-state index contributed by atoms with van der Waals surface area (Å²) < 4.78 is 0. The van der Waals surface area contributed by atoms with Gasteiger partial charge in [0.05, 0.1) is 0 Å². The average Bonchev–Trinajstić information content (AvgIpc) is 2.47. The second kappa shape index (κ2) is 7.50. The van der Waals surface area contributed by atoms with Gasteiger partial charge in [0.15, 0.2) is 0 Å². The number of hydrogen-bond acceptors (Lipinski definition) is 4. The Morgan fingerprint density at radius 1 is 1.15 bits per heavy atom. The minimum atomic E-state index is 0.748. The molecule has 0 aliphatic heterocycles. The molecule has 0 radical (unpaired) electrons. The second-order valence-electron chi connectivity index (χ2n) is 4.34. The SMILES string of the molecule is CCCNc1ncnc(Sc2ccc(Cl)cc2)c1CC. The zero-order chi connectivity index (χ0) is 14.4. The van der Waals surface area contributed by atoms with Crippen molar-refractivity contribution in [1.29, 1.82) is 0 Å². The number of benzene rings is 1. The van der Waals surface area contributed by atoms with E-state index in [0.29, 0.717) is 0 Å². The Balaban J connectivity index is 2.24. The van der Waals surface area contributed by atoms with Crippen molar-refractivity contribution in [1.82, 2.24) is 9.97 Å². The van der Waals surface area contributed by atoms with Crippen molar-refractivity contribution in [3.63, 3.8) is 0 Å². The Labute approximate surface area is 129 Å². The van der Waals surface area contributed by atoms with E-state index in [2.05, 4.69) is 29.1 Å². The first-order valence-corrected chi connectivity index (χ1v) is 7.95. The van der Waals surface area contributed by atoms with Crippen molar-refractivity contribution in [2.75, 3.05) is 11.9 Å². The molecule has 0 saturated heterocycles. The van der Waals surface area contributed by atoms with Gasteiger partial charge in [0.1, 0.15) is 17.2 Å². The lowest BCUT2D eigenvalue weighted by atomic mass is 10.2. The van der Waals surface area contributed by atoms with Crippen LogP contribution in [0.2, 0.25) is 5.02 Å². The number of hydrogen-bond donors (Lipinski definition) is 1. The molecule has 0 fully saturated rings. The predicted molar refractivity (Wildman–Crippen MR) is 85.8 cm³/mol. The molecule has 1 N–H and O–H groups in total. The van der Waals surface area contributed by atoms with Gasteiger partial charge >= 0.3 is 0 Å². The molecule has 0 saturated carbocycles. The molecule has 5 heteroatoms. The van der Waals surface area contributed by atoms with Crippen LogP contribution >= 0.6 is 23.4 Å². The first-order chi connectivity index (χ1) is 9.74. The Morgan fingerprint density at radius 3 is 2.55 bits per heavy atom. The molecule has 1 aromatic heterocycles. The monoisotopic (exact) mass is 307 g/mol. The molecule has 1 heterocycles. The lowest BCUT2D eigenvalue weighted by Crippen LogP contribution is -2.06. The van der Waals surface area contributed by atoms with Crippen molar-refractivity contribution < 1.29 is 0 Å². The number of aromatic nitrogens is 2. The fourth-order valence-corrected chi connectivity index (χ4v) is 2.90. The number of anilines is 1. The van der Waals surface area contributed by atoms with Crippen molar-refractivity contribution in [2.24, 2.45) is 0 Å². The lowest BCUT2D eigenvalue weighted by molar-refractivity contribution is 0.911. The van der Waals surface area contributed by atoms with Gasteiger partial charge in [0.25, 0.3) is 0 Å². The van der Waals surface area contributed by atoms with Gasteiger partial charge in [0.2, 0.25) is 0 Å². The highest BCUT2D eigenvalue weighted by Crippen LogP contribution is 2.32. The van der Waals surface area contributed by atoms with E-state index in [1.165, 1.54) is 5.56 Å². The van der Waals surface area contributed by atoms with Crippen LogP contribution in [0.5, 0.6) is 0 Å². The van der Waals surface area contributed by atoms with Gasteiger partial charge < -0.3 is 5.32 Å². The Bertz CT molecular complexity index is 558. The van der Waals surface area contributed by atoms with Crippen molar-refractivity contribution >= 4 is 29.2 Å². The fourth-order valence-electron chi connectivity index (χ4n) is 1.81. The van der Waals surface area contributed by atoms with Gasteiger partial charge in [-0.2, -0.15) is 0 Å². The number of nitrogens with one attached hydrogen (secondary N) is 1. The average molecular weight is 308 g/mol. The largest absolute Gasteiger partial charge is 0.370 e. The fraction of sp³-hybridized carbons (Fsp3) is 0.333. The van der Waals surface area contributed by atoms with E-state index in [-0.39, 0.29) is 0 Å². The molecule has 0 bridgehead atoms. The van der Waals surface area contributed by atoms with Crippen molar-refractivity contribution in [3.8, 4) is 0 Å². The number of halogens is 1. The standard InChI is InChI=1S/C15H18ClN3S/c1-3-9-17-14-13(4-2)15(19-10-18-14)20-12-7-5-11(16)6-8-12/h5-8,10H,3-4,9H2,1-2H3,(H,17,18,19). The summed E-state index contributed by atoms with van der Waals surface area (Å²) in [5, 5.41) is 5.11. The van der Waals surface area contributed by atoms with Crippen LogP contribution in [0, 0.1) is 0 Å².